The number of para-hydroxylation sites is 4. The maximum atomic E-state index is 12.2. The second kappa shape index (κ2) is 4.17. The maximum Gasteiger partial charge on any atom is 0.328 e. The summed E-state index contributed by atoms with van der Waals surface area (Å²) in [5.41, 5.74) is 1.64. The molecular weight excluding hydrogens is 264 g/mol. The van der Waals surface area contributed by atoms with Crippen LogP contribution in [0.25, 0.3) is 0 Å². The van der Waals surface area contributed by atoms with E-state index in [-0.39, 0.29) is 0 Å². The average molecular weight is 276 g/mol. The van der Waals surface area contributed by atoms with Crippen LogP contribution < -0.4 is 13.8 Å². The first-order chi connectivity index (χ1) is 9.13. The van der Waals surface area contributed by atoms with Crippen LogP contribution in [0.5, 0.6) is 5.75 Å². The van der Waals surface area contributed by atoms with Crippen LogP contribution >= 0.6 is 0 Å². The van der Waals surface area contributed by atoms with Gasteiger partial charge in [0, 0.05) is 0 Å². The van der Waals surface area contributed by atoms with Gasteiger partial charge in [0.05, 0.1) is 18.5 Å². The number of ether oxygens (including phenoxy) is 1. The van der Waals surface area contributed by atoms with Gasteiger partial charge in [0.2, 0.25) is 0 Å². The Labute approximate surface area is 111 Å². The van der Waals surface area contributed by atoms with Crippen molar-refractivity contribution >= 4 is 27.3 Å². The summed E-state index contributed by atoms with van der Waals surface area (Å²) in [5.74, 6) is 0.504. The van der Waals surface area contributed by atoms with Gasteiger partial charge in [-0.05, 0) is 24.3 Å². The third-order valence-electron chi connectivity index (χ3n) is 2.91. The van der Waals surface area contributed by atoms with Crippen LogP contribution in [0.1, 0.15) is 0 Å². The largest absolute Gasteiger partial charge is 0.495 e. The fourth-order valence-corrected chi connectivity index (χ4v) is 3.48. The van der Waals surface area contributed by atoms with Gasteiger partial charge in [0.25, 0.3) is 0 Å². The van der Waals surface area contributed by atoms with E-state index < -0.39 is 10.2 Å². The molecule has 19 heavy (non-hydrogen) atoms. The molecule has 5 nitrogen and oxygen atoms in total. The minimum atomic E-state index is -3.63. The molecule has 0 amide bonds. The number of benzene rings is 2. The lowest BCUT2D eigenvalue weighted by atomic mass is 10.2. The van der Waals surface area contributed by atoms with E-state index in [4.69, 9.17) is 4.74 Å². The molecular formula is C13H12N2O3S. The maximum absolute atomic E-state index is 12.2. The van der Waals surface area contributed by atoms with Gasteiger partial charge in [0.15, 0.2) is 0 Å². The second-order valence-electron chi connectivity index (χ2n) is 4.06. The number of nitrogens with one attached hydrogen (secondary N) is 1. The van der Waals surface area contributed by atoms with Crippen LogP contribution in [0.3, 0.4) is 0 Å². The molecule has 0 saturated carbocycles. The van der Waals surface area contributed by atoms with Crippen LogP contribution in [0.15, 0.2) is 48.5 Å². The molecule has 3 rings (SSSR count). The van der Waals surface area contributed by atoms with Crippen molar-refractivity contribution in [1.29, 1.82) is 0 Å². The molecule has 2 aromatic carbocycles. The summed E-state index contributed by atoms with van der Waals surface area (Å²) < 4.78 is 33.5. The van der Waals surface area contributed by atoms with Crippen LogP contribution in [0.2, 0.25) is 0 Å². The van der Waals surface area contributed by atoms with E-state index in [9.17, 15) is 8.42 Å². The fourth-order valence-electron chi connectivity index (χ4n) is 2.11. The Bertz CT molecular complexity index is 728. The fraction of sp³-hybridized carbons (Fsp3) is 0.0769. The van der Waals surface area contributed by atoms with Crippen molar-refractivity contribution in [2.45, 2.75) is 0 Å². The molecule has 0 bridgehead atoms. The zero-order chi connectivity index (χ0) is 13.5. The van der Waals surface area contributed by atoms with Crippen molar-refractivity contribution in [2.24, 2.45) is 0 Å². The highest BCUT2D eigenvalue weighted by Crippen LogP contribution is 2.43. The molecule has 1 aliphatic rings. The lowest BCUT2D eigenvalue weighted by Crippen LogP contribution is -2.25. The summed E-state index contributed by atoms with van der Waals surface area (Å²) in [5, 5.41) is 0. The monoisotopic (exact) mass is 276 g/mol. The number of rotatable bonds is 2. The van der Waals surface area contributed by atoms with E-state index in [1.54, 1.807) is 48.5 Å². The molecule has 2 aromatic rings. The predicted octanol–water partition coefficient (Wildman–Crippen LogP) is 2.50. The number of hydrogen-bond acceptors (Lipinski definition) is 3. The predicted molar refractivity (Wildman–Crippen MR) is 74.1 cm³/mol. The Morgan fingerprint density at radius 3 is 2.37 bits per heavy atom. The van der Waals surface area contributed by atoms with Gasteiger partial charge in [-0.2, -0.15) is 8.42 Å². The van der Waals surface area contributed by atoms with Gasteiger partial charge in [-0.1, -0.05) is 24.3 Å². The summed E-state index contributed by atoms with van der Waals surface area (Å²) in [4.78, 5) is 0. The summed E-state index contributed by atoms with van der Waals surface area (Å²) in [6.45, 7) is 0. The van der Waals surface area contributed by atoms with E-state index >= 15 is 0 Å². The Balaban J connectivity index is 2.24. The lowest BCUT2D eigenvalue weighted by Gasteiger charge is -2.19. The molecule has 0 unspecified atom stereocenters. The van der Waals surface area contributed by atoms with Crippen molar-refractivity contribution in [3.63, 3.8) is 0 Å². The third kappa shape index (κ3) is 1.80. The summed E-state index contributed by atoms with van der Waals surface area (Å²) >= 11 is 0. The molecule has 0 spiro atoms. The number of fused-ring (bicyclic) bond motifs is 1. The zero-order valence-electron chi connectivity index (χ0n) is 10.2. The number of hydrogen-bond donors (Lipinski definition) is 1. The number of anilines is 3. The highest BCUT2D eigenvalue weighted by molar-refractivity contribution is 7.95. The van der Waals surface area contributed by atoms with Gasteiger partial charge in [0.1, 0.15) is 11.4 Å². The molecule has 0 aliphatic carbocycles. The Hall–Kier alpha value is -2.21. The van der Waals surface area contributed by atoms with Crippen LogP contribution in [0.4, 0.5) is 17.1 Å². The average Bonchev–Trinajstić information content (AvgIpc) is 2.68. The first kappa shape index (κ1) is 11.9. The van der Waals surface area contributed by atoms with E-state index in [1.807, 2.05) is 0 Å². The molecule has 1 aliphatic heterocycles. The third-order valence-corrected chi connectivity index (χ3v) is 4.26. The van der Waals surface area contributed by atoms with Crippen molar-refractivity contribution in [1.82, 2.24) is 0 Å². The molecule has 6 heteroatoms. The molecule has 0 saturated heterocycles. The molecule has 0 radical (unpaired) electrons. The lowest BCUT2D eigenvalue weighted by molar-refractivity contribution is 0.416. The van der Waals surface area contributed by atoms with E-state index in [2.05, 4.69) is 4.72 Å². The summed E-state index contributed by atoms with van der Waals surface area (Å²) in [7, 11) is -2.11. The number of methoxy groups -OCH3 is 1. The van der Waals surface area contributed by atoms with E-state index in [1.165, 1.54) is 11.4 Å². The zero-order valence-corrected chi connectivity index (χ0v) is 11.0. The highest BCUT2D eigenvalue weighted by Gasteiger charge is 2.35. The number of nitrogens with zero attached hydrogens (tertiary/aromatic N) is 1. The van der Waals surface area contributed by atoms with Gasteiger partial charge in [-0.15, -0.1) is 0 Å². The van der Waals surface area contributed by atoms with Crippen molar-refractivity contribution in [3.05, 3.63) is 48.5 Å². The standard InChI is InChI=1S/C13H12N2O3S/c1-18-13-9-5-4-8-12(13)15-11-7-3-2-6-10(11)14-19(15,16)17/h2-9,14H,1H3. The molecule has 0 aromatic heterocycles. The molecule has 1 heterocycles. The van der Waals surface area contributed by atoms with Crippen molar-refractivity contribution < 1.29 is 13.2 Å². The molecule has 0 atom stereocenters. The van der Waals surface area contributed by atoms with Crippen LogP contribution in [0, 0.1) is 0 Å². The molecule has 1 N–H and O–H groups in total. The Morgan fingerprint density at radius 2 is 1.63 bits per heavy atom. The quantitative estimate of drug-likeness (QED) is 0.916. The SMILES string of the molecule is COc1ccccc1N1c2ccccc2NS1(=O)=O. The van der Waals surface area contributed by atoms with E-state index in [0.717, 1.165) is 0 Å². The van der Waals surface area contributed by atoms with Gasteiger partial charge in [-0.25, -0.2) is 4.31 Å². The smallest absolute Gasteiger partial charge is 0.328 e. The van der Waals surface area contributed by atoms with Gasteiger partial charge < -0.3 is 4.74 Å². The van der Waals surface area contributed by atoms with E-state index in [0.29, 0.717) is 22.8 Å². The van der Waals surface area contributed by atoms with Gasteiger partial charge in [-0.3, -0.25) is 4.72 Å². The Morgan fingerprint density at radius 1 is 1.00 bits per heavy atom. The minimum Gasteiger partial charge on any atom is -0.495 e. The summed E-state index contributed by atoms with van der Waals surface area (Å²) in [6, 6.07) is 14.1. The van der Waals surface area contributed by atoms with Crippen molar-refractivity contribution in [3.8, 4) is 5.75 Å². The molecule has 0 fully saturated rings. The first-order valence-corrected chi connectivity index (χ1v) is 7.12. The topological polar surface area (TPSA) is 58.6 Å². The first-order valence-electron chi connectivity index (χ1n) is 5.68. The Kier molecular flexibility index (Phi) is 2.60. The van der Waals surface area contributed by atoms with Crippen LogP contribution in [-0.2, 0) is 10.2 Å². The molecule has 98 valence electrons. The highest BCUT2D eigenvalue weighted by atomic mass is 32.2. The van der Waals surface area contributed by atoms with Gasteiger partial charge >= 0.3 is 10.2 Å². The normalized spacial score (nSPS) is 15.7. The summed E-state index contributed by atoms with van der Waals surface area (Å²) in [6.07, 6.45) is 0. The van der Waals surface area contributed by atoms with Crippen molar-refractivity contribution in [2.75, 3.05) is 16.1 Å². The van der Waals surface area contributed by atoms with Crippen LogP contribution in [-0.4, -0.2) is 15.5 Å². The minimum absolute atomic E-state index is 0.488. The second-order valence-corrected chi connectivity index (χ2v) is 5.58.